The monoisotopic (exact) mass is 341 g/mol. The molecule has 1 unspecified atom stereocenters. The van der Waals surface area contributed by atoms with Crippen molar-refractivity contribution in [1.29, 1.82) is 0 Å². The second-order valence-electron chi connectivity index (χ2n) is 6.85. The normalized spacial score (nSPS) is 17.9. The van der Waals surface area contributed by atoms with Crippen LogP contribution in [0.15, 0.2) is 91.0 Å². The van der Waals surface area contributed by atoms with Crippen LogP contribution in [0.5, 0.6) is 0 Å². The molecule has 1 heterocycles. The molecule has 3 aromatic rings. The van der Waals surface area contributed by atoms with Gasteiger partial charge in [0.2, 0.25) is 0 Å². The summed E-state index contributed by atoms with van der Waals surface area (Å²) in [6.45, 7) is 0.905. The van der Waals surface area contributed by atoms with E-state index in [0.717, 1.165) is 25.7 Å². The molecule has 3 aromatic carbocycles. The molecule has 2 nitrogen and oxygen atoms in total. The maximum atomic E-state index is 11.9. The third-order valence-electron chi connectivity index (χ3n) is 5.46. The molecule has 2 heteroatoms. The van der Waals surface area contributed by atoms with Gasteiger partial charge in [-0.3, -0.25) is 4.90 Å². The lowest BCUT2D eigenvalue weighted by atomic mass is 9.75. The highest BCUT2D eigenvalue weighted by Crippen LogP contribution is 2.45. The first kappa shape index (κ1) is 16.7. The fourth-order valence-corrected chi connectivity index (χ4v) is 4.39. The van der Waals surface area contributed by atoms with E-state index in [1.807, 2.05) is 18.2 Å². The van der Waals surface area contributed by atoms with E-state index < -0.39 is 5.54 Å². The van der Waals surface area contributed by atoms with Crippen molar-refractivity contribution in [3.05, 3.63) is 108 Å². The standard InChI is InChI=1S/C24H23NO/c26-19-23-17-10-18-25(23)24(20-11-4-1-5-12-20,21-13-6-2-7-14-21)22-15-8-3-9-16-22/h1-9,11-16,19,23H,10,17-18H2. The average molecular weight is 341 g/mol. The summed E-state index contributed by atoms with van der Waals surface area (Å²) in [4.78, 5) is 14.3. The van der Waals surface area contributed by atoms with Crippen LogP contribution in [0, 0.1) is 0 Å². The number of carbonyl (C=O) groups excluding carboxylic acids is 1. The Morgan fingerprint density at radius 1 is 0.731 bits per heavy atom. The third-order valence-corrected chi connectivity index (χ3v) is 5.46. The minimum absolute atomic E-state index is 0.0735. The van der Waals surface area contributed by atoms with Gasteiger partial charge in [-0.15, -0.1) is 0 Å². The van der Waals surface area contributed by atoms with Crippen LogP contribution in [-0.2, 0) is 10.3 Å². The molecule has 4 rings (SSSR count). The minimum atomic E-state index is -0.466. The van der Waals surface area contributed by atoms with Crippen molar-refractivity contribution in [3.63, 3.8) is 0 Å². The van der Waals surface area contributed by atoms with Crippen molar-refractivity contribution >= 4 is 6.29 Å². The number of benzene rings is 3. The van der Waals surface area contributed by atoms with Crippen molar-refractivity contribution in [2.75, 3.05) is 6.54 Å². The van der Waals surface area contributed by atoms with E-state index in [-0.39, 0.29) is 6.04 Å². The van der Waals surface area contributed by atoms with E-state index in [4.69, 9.17) is 0 Å². The highest BCUT2D eigenvalue weighted by molar-refractivity contribution is 5.61. The average Bonchev–Trinajstić information content (AvgIpc) is 3.20. The van der Waals surface area contributed by atoms with Crippen LogP contribution >= 0.6 is 0 Å². The van der Waals surface area contributed by atoms with Gasteiger partial charge in [-0.1, -0.05) is 91.0 Å². The summed E-state index contributed by atoms with van der Waals surface area (Å²) >= 11 is 0. The Kier molecular flexibility index (Phi) is 4.68. The molecule has 130 valence electrons. The van der Waals surface area contributed by atoms with Gasteiger partial charge in [-0.2, -0.15) is 0 Å². The zero-order valence-electron chi connectivity index (χ0n) is 14.8. The Morgan fingerprint density at radius 3 is 1.54 bits per heavy atom. The van der Waals surface area contributed by atoms with Crippen LogP contribution in [0.3, 0.4) is 0 Å². The summed E-state index contributed by atoms with van der Waals surface area (Å²) in [7, 11) is 0. The predicted octanol–water partition coefficient (Wildman–Crippen LogP) is 4.64. The number of rotatable bonds is 5. The summed E-state index contributed by atoms with van der Waals surface area (Å²) in [6, 6.07) is 31.7. The van der Waals surface area contributed by atoms with Crippen LogP contribution in [0.1, 0.15) is 29.5 Å². The molecular formula is C24H23NO. The van der Waals surface area contributed by atoms with E-state index in [9.17, 15) is 4.79 Å². The van der Waals surface area contributed by atoms with Gasteiger partial charge in [0.1, 0.15) is 6.29 Å². The van der Waals surface area contributed by atoms with E-state index in [1.165, 1.54) is 16.7 Å². The Bertz CT molecular complexity index is 748. The zero-order valence-corrected chi connectivity index (χ0v) is 14.8. The summed E-state index contributed by atoms with van der Waals surface area (Å²) in [5.74, 6) is 0. The highest BCUT2D eigenvalue weighted by Gasteiger charge is 2.46. The van der Waals surface area contributed by atoms with Gasteiger partial charge in [-0.25, -0.2) is 0 Å². The Hall–Kier alpha value is -2.71. The van der Waals surface area contributed by atoms with Crippen LogP contribution in [-0.4, -0.2) is 23.8 Å². The van der Waals surface area contributed by atoms with Gasteiger partial charge >= 0.3 is 0 Å². The number of hydrogen-bond acceptors (Lipinski definition) is 2. The number of nitrogens with zero attached hydrogens (tertiary/aromatic N) is 1. The second-order valence-corrected chi connectivity index (χ2v) is 6.85. The Labute approximate surface area is 155 Å². The first-order valence-electron chi connectivity index (χ1n) is 9.26. The lowest BCUT2D eigenvalue weighted by Crippen LogP contribution is -2.50. The Morgan fingerprint density at radius 2 is 1.15 bits per heavy atom. The molecule has 0 radical (unpaired) electrons. The summed E-state index contributed by atoms with van der Waals surface area (Å²) in [5.41, 5.74) is 3.13. The first-order valence-corrected chi connectivity index (χ1v) is 9.26. The maximum absolute atomic E-state index is 11.9. The number of likely N-dealkylation sites (tertiary alicyclic amines) is 1. The van der Waals surface area contributed by atoms with Crippen LogP contribution in [0.2, 0.25) is 0 Å². The lowest BCUT2D eigenvalue weighted by molar-refractivity contribution is -0.112. The summed E-state index contributed by atoms with van der Waals surface area (Å²) in [5, 5.41) is 0. The van der Waals surface area contributed by atoms with Crippen LogP contribution < -0.4 is 0 Å². The van der Waals surface area contributed by atoms with E-state index in [0.29, 0.717) is 0 Å². The van der Waals surface area contributed by atoms with Crippen molar-refractivity contribution in [1.82, 2.24) is 4.90 Å². The molecule has 0 saturated carbocycles. The largest absolute Gasteiger partial charge is 0.302 e. The molecule has 0 aromatic heterocycles. The van der Waals surface area contributed by atoms with E-state index in [1.54, 1.807) is 0 Å². The van der Waals surface area contributed by atoms with Crippen LogP contribution in [0.25, 0.3) is 0 Å². The van der Waals surface area contributed by atoms with Crippen molar-refractivity contribution in [2.24, 2.45) is 0 Å². The molecule has 1 aliphatic heterocycles. The summed E-state index contributed by atoms with van der Waals surface area (Å²) < 4.78 is 0. The third kappa shape index (κ3) is 2.67. The predicted molar refractivity (Wildman–Crippen MR) is 105 cm³/mol. The molecule has 1 fully saturated rings. The molecule has 0 N–H and O–H groups in total. The molecule has 0 bridgehead atoms. The fourth-order valence-electron chi connectivity index (χ4n) is 4.39. The second kappa shape index (κ2) is 7.27. The lowest BCUT2D eigenvalue weighted by Gasteiger charge is -2.45. The van der Waals surface area contributed by atoms with E-state index >= 15 is 0 Å². The van der Waals surface area contributed by atoms with Crippen molar-refractivity contribution < 1.29 is 4.79 Å². The minimum Gasteiger partial charge on any atom is -0.302 e. The first-order chi connectivity index (χ1) is 12.9. The molecule has 1 aliphatic rings. The topological polar surface area (TPSA) is 20.3 Å². The highest BCUT2D eigenvalue weighted by atomic mass is 16.1. The van der Waals surface area contributed by atoms with Gasteiger partial charge in [0.05, 0.1) is 11.6 Å². The van der Waals surface area contributed by atoms with Gasteiger partial charge in [0.25, 0.3) is 0 Å². The van der Waals surface area contributed by atoms with E-state index in [2.05, 4.69) is 77.7 Å². The summed E-state index contributed by atoms with van der Waals surface area (Å²) in [6.07, 6.45) is 3.08. The van der Waals surface area contributed by atoms with Gasteiger partial charge in [0.15, 0.2) is 0 Å². The van der Waals surface area contributed by atoms with Crippen molar-refractivity contribution in [3.8, 4) is 0 Å². The van der Waals surface area contributed by atoms with Gasteiger partial charge in [-0.05, 0) is 29.5 Å². The number of hydrogen-bond donors (Lipinski definition) is 0. The maximum Gasteiger partial charge on any atom is 0.137 e. The van der Waals surface area contributed by atoms with Gasteiger partial charge in [0, 0.05) is 6.54 Å². The molecule has 0 aliphatic carbocycles. The quantitative estimate of drug-likeness (QED) is 0.498. The van der Waals surface area contributed by atoms with Gasteiger partial charge < -0.3 is 4.79 Å². The molecular weight excluding hydrogens is 318 g/mol. The Balaban J connectivity index is 2.05. The molecule has 1 saturated heterocycles. The van der Waals surface area contributed by atoms with Crippen molar-refractivity contribution in [2.45, 2.75) is 24.4 Å². The SMILES string of the molecule is O=CC1CCCN1C(c1ccccc1)(c1ccccc1)c1ccccc1. The molecule has 26 heavy (non-hydrogen) atoms. The molecule has 0 amide bonds. The van der Waals surface area contributed by atoms with Crippen LogP contribution in [0.4, 0.5) is 0 Å². The number of aldehydes is 1. The zero-order chi connectivity index (χ0) is 17.8. The molecule has 0 spiro atoms. The molecule has 1 atom stereocenters. The smallest absolute Gasteiger partial charge is 0.137 e. The fraction of sp³-hybridized carbons (Fsp3) is 0.208. The number of carbonyl (C=O) groups is 1.